The van der Waals surface area contributed by atoms with Gasteiger partial charge in [-0.05, 0) is 26.0 Å². The zero-order valence-electron chi connectivity index (χ0n) is 9.47. The van der Waals surface area contributed by atoms with Crippen LogP contribution in [0.15, 0.2) is 36.1 Å². The summed E-state index contributed by atoms with van der Waals surface area (Å²) in [5.74, 6) is 0.0148. The fourth-order valence-electron chi connectivity index (χ4n) is 1.97. The molecule has 1 heterocycles. The first-order chi connectivity index (χ1) is 7.58. The summed E-state index contributed by atoms with van der Waals surface area (Å²) in [6.07, 6.45) is 1.81. The molecule has 1 unspecified atom stereocenters. The monoisotopic (exact) mass is 217 g/mol. The number of carbonyl (C=O) groups excluding carboxylic acids is 1. The molecule has 1 aromatic rings. The van der Waals surface area contributed by atoms with E-state index in [1.807, 2.05) is 38.1 Å². The van der Waals surface area contributed by atoms with E-state index >= 15 is 0 Å². The largest absolute Gasteiger partial charge is 0.512 e. The summed E-state index contributed by atoms with van der Waals surface area (Å²) < 4.78 is 0. The van der Waals surface area contributed by atoms with E-state index in [1.54, 1.807) is 4.90 Å². The van der Waals surface area contributed by atoms with Crippen molar-refractivity contribution in [2.75, 3.05) is 4.90 Å². The Morgan fingerprint density at radius 1 is 1.31 bits per heavy atom. The smallest absolute Gasteiger partial charge is 0.254 e. The van der Waals surface area contributed by atoms with Crippen molar-refractivity contribution in [1.29, 1.82) is 0 Å². The van der Waals surface area contributed by atoms with Crippen LogP contribution in [0.1, 0.15) is 18.9 Å². The predicted molar refractivity (Wildman–Crippen MR) is 63.5 cm³/mol. The van der Waals surface area contributed by atoms with Gasteiger partial charge in [-0.2, -0.15) is 0 Å². The molecular weight excluding hydrogens is 202 g/mol. The van der Waals surface area contributed by atoms with Gasteiger partial charge in [0.05, 0.1) is 5.76 Å². The topological polar surface area (TPSA) is 40.5 Å². The van der Waals surface area contributed by atoms with Crippen LogP contribution in [-0.4, -0.2) is 17.1 Å². The minimum absolute atomic E-state index is 0.000191. The molecule has 16 heavy (non-hydrogen) atoms. The normalized spacial score (nSPS) is 20.9. The van der Waals surface area contributed by atoms with Gasteiger partial charge in [0.1, 0.15) is 0 Å². The number of rotatable bonds is 1. The maximum Gasteiger partial charge on any atom is 0.254 e. The molecule has 2 rings (SSSR count). The lowest BCUT2D eigenvalue weighted by atomic mass is 10.1. The number of aryl methyl sites for hydroxylation is 1. The van der Waals surface area contributed by atoms with Crippen molar-refractivity contribution in [3.63, 3.8) is 0 Å². The molecule has 1 aliphatic heterocycles. The lowest BCUT2D eigenvalue weighted by Crippen LogP contribution is -2.41. The highest BCUT2D eigenvalue weighted by molar-refractivity contribution is 6.03. The first kappa shape index (κ1) is 10.7. The Morgan fingerprint density at radius 3 is 2.50 bits per heavy atom. The molecule has 0 fully saturated rings. The summed E-state index contributed by atoms with van der Waals surface area (Å²) in [6, 6.07) is 7.82. The van der Waals surface area contributed by atoms with E-state index in [9.17, 15) is 9.90 Å². The molecule has 0 aliphatic carbocycles. The quantitative estimate of drug-likeness (QED) is 0.785. The second-order valence-corrected chi connectivity index (χ2v) is 4.23. The predicted octanol–water partition coefficient (Wildman–Crippen LogP) is 2.56. The van der Waals surface area contributed by atoms with Crippen LogP contribution in [0.4, 0.5) is 5.69 Å². The van der Waals surface area contributed by atoms with Crippen LogP contribution in [0.25, 0.3) is 0 Å². The van der Waals surface area contributed by atoms with Gasteiger partial charge in [0.15, 0.2) is 0 Å². The zero-order chi connectivity index (χ0) is 11.7. The maximum atomic E-state index is 11.8. The molecule has 1 aromatic carbocycles. The van der Waals surface area contributed by atoms with Gasteiger partial charge in [0, 0.05) is 24.2 Å². The number of benzene rings is 1. The zero-order valence-corrected chi connectivity index (χ0v) is 9.47. The number of anilines is 1. The van der Waals surface area contributed by atoms with E-state index < -0.39 is 0 Å². The summed E-state index contributed by atoms with van der Waals surface area (Å²) in [6.45, 7) is 3.94. The fourth-order valence-corrected chi connectivity index (χ4v) is 1.97. The number of amides is 1. The molecule has 3 heteroatoms. The third-order valence-electron chi connectivity index (χ3n) is 2.78. The minimum Gasteiger partial charge on any atom is -0.512 e. The van der Waals surface area contributed by atoms with Gasteiger partial charge in [0.25, 0.3) is 5.91 Å². The van der Waals surface area contributed by atoms with Gasteiger partial charge in [-0.15, -0.1) is 0 Å². The number of nitrogens with zero attached hydrogens (tertiary/aromatic N) is 1. The lowest BCUT2D eigenvalue weighted by Gasteiger charge is -2.31. The molecule has 0 spiro atoms. The van der Waals surface area contributed by atoms with Crippen molar-refractivity contribution in [3.05, 3.63) is 41.7 Å². The first-order valence-corrected chi connectivity index (χ1v) is 5.37. The maximum absolute atomic E-state index is 11.8. The van der Waals surface area contributed by atoms with Crippen molar-refractivity contribution < 1.29 is 9.90 Å². The highest BCUT2D eigenvalue weighted by Gasteiger charge is 2.26. The summed E-state index contributed by atoms with van der Waals surface area (Å²) in [7, 11) is 0. The Bertz CT molecular complexity index is 434. The van der Waals surface area contributed by atoms with Crippen LogP contribution in [-0.2, 0) is 4.79 Å². The van der Waals surface area contributed by atoms with E-state index in [4.69, 9.17) is 0 Å². The molecule has 0 aromatic heterocycles. The van der Waals surface area contributed by atoms with Crippen LogP contribution in [0.2, 0.25) is 0 Å². The molecule has 0 radical (unpaired) electrons. The van der Waals surface area contributed by atoms with Crippen LogP contribution in [0.3, 0.4) is 0 Å². The Kier molecular flexibility index (Phi) is 2.69. The van der Waals surface area contributed by atoms with E-state index in [0.29, 0.717) is 6.42 Å². The van der Waals surface area contributed by atoms with Crippen molar-refractivity contribution >= 4 is 11.6 Å². The van der Waals surface area contributed by atoms with Crippen LogP contribution >= 0.6 is 0 Å². The SMILES string of the molecule is Cc1ccc(N2C(=O)C=C(O)CC2C)cc1. The van der Waals surface area contributed by atoms with Gasteiger partial charge in [-0.3, -0.25) is 4.79 Å². The van der Waals surface area contributed by atoms with Crippen LogP contribution in [0, 0.1) is 6.92 Å². The van der Waals surface area contributed by atoms with E-state index in [-0.39, 0.29) is 17.7 Å². The highest BCUT2D eigenvalue weighted by Crippen LogP contribution is 2.24. The first-order valence-electron chi connectivity index (χ1n) is 5.37. The molecule has 1 aliphatic rings. The Labute approximate surface area is 95.0 Å². The van der Waals surface area contributed by atoms with E-state index in [1.165, 1.54) is 11.6 Å². The summed E-state index contributed by atoms with van der Waals surface area (Å²) in [4.78, 5) is 13.5. The Balaban J connectivity index is 2.33. The molecule has 0 saturated carbocycles. The summed E-state index contributed by atoms with van der Waals surface area (Å²) >= 11 is 0. The molecule has 1 atom stereocenters. The molecule has 3 nitrogen and oxygen atoms in total. The number of hydrogen-bond acceptors (Lipinski definition) is 2. The molecule has 0 saturated heterocycles. The minimum atomic E-state index is -0.153. The van der Waals surface area contributed by atoms with Crippen LogP contribution < -0.4 is 4.90 Å². The van der Waals surface area contributed by atoms with Crippen molar-refractivity contribution in [1.82, 2.24) is 0 Å². The Hall–Kier alpha value is -1.77. The number of aliphatic hydroxyl groups excluding tert-OH is 1. The molecule has 1 amide bonds. The summed E-state index contributed by atoms with van der Waals surface area (Å²) in [5, 5.41) is 9.37. The van der Waals surface area contributed by atoms with Gasteiger partial charge in [-0.25, -0.2) is 0 Å². The van der Waals surface area contributed by atoms with E-state index in [2.05, 4.69) is 0 Å². The average Bonchev–Trinajstić information content (AvgIpc) is 2.19. The van der Waals surface area contributed by atoms with Gasteiger partial charge >= 0.3 is 0 Å². The molecule has 1 N–H and O–H groups in total. The number of carbonyl (C=O) groups is 1. The lowest BCUT2D eigenvalue weighted by molar-refractivity contribution is -0.115. The van der Waals surface area contributed by atoms with Crippen molar-refractivity contribution in [2.45, 2.75) is 26.3 Å². The average molecular weight is 217 g/mol. The number of hydrogen-bond donors (Lipinski definition) is 1. The fraction of sp³-hybridized carbons (Fsp3) is 0.308. The Morgan fingerprint density at radius 2 is 1.94 bits per heavy atom. The highest BCUT2D eigenvalue weighted by atomic mass is 16.3. The molecular formula is C13H15NO2. The molecule has 0 bridgehead atoms. The third kappa shape index (κ3) is 1.94. The third-order valence-corrected chi connectivity index (χ3v) is 2.78. The van der Waals surface area contributed by atoms with Gasteiger partial charge < -0.3 is 10.0 Å². The van der Waals surface area contributed by atoms with Crippen molar-refractivity contribution in [2.24, 2.45) is 0 Å². The second-order valence-electron chi connectivity index (χ2n) is 4.23. The summed E-state index contributed by atoms with van der Waals surface area (Å²) in [5.41, 5.74) is 2.05. The van der Waals surface area contributed by atoms with Gasteiger partial charge in [-0.1, -0.05) is 17.7 Å². The van der Waals surface area contributed by atoms with Gasteiger partial charge in [0.2, 0.25) is 0 Å². The van der Waals surface area contributed by atoms with Crippen molar-refractivity contribution in [3.8, 4) is 0 Å². The van der Waals surface area contributed by atoms with E-state index in [0.717, 1.165) is 5.69 Å². The second kappa shape index (κ2) is 4.00. The molecule has 84 valence electrons. The van der Waals surface area contributed by atoms with Crippen LogP contribution in [0.5, 0.6) is 0 Å². The standard InChI is InChI=1S/C13H15NO2/c1-9-3-5-11(6-4-9)14-10(2)7-12(15)8-13(14)16/h3-6,8,10,15H,7H2,1-2H3. The number of aliphatic hydroxyl groups is 1.